The van der Waals surface area contributed by atoms with Gasteiger partial charge in [-0.05, 0) is 31.7 Å². The fourth-order valence-corrected chi connectivity index (χ4v) is 3.08. The lowest BCUT2D eigenvalue weighted by atomic mass is 10.2. The Bertz CT molecular complexity index is 893. The summed E-state index contributed by atoms with van der Waals surface area (Å²) in [5.41, 5.74) is 0.835. The Hall–Kier alpha value is -2.41. The van der Waals surface area contributed by atoms with Crippen LogP contribution >= 0.6 is 11.3 Å². The standard InChI is InChI=1S/C16H17N3O3S/c1-10-11(2)22-15-14(10)16(21)19(9-18-15)8-13(20)17-6-5-12-4-3-7-23-12/h3-4,7,9H,5-6,8H2,1-2H3,(H,17,20). The number of nitrogens with zero attached hydrogens (tertiary/aromatic N) is 2. The summed E-state index contributed by atoms with van der Waals surface area (Å²) in [6.45, 7) is 4.11. The molecule has 0 saturated heterocycles. The number of rotatable bonds is 5. The predicted molar refractivity (Wildman–Crippen MR) is 88.8 cm³/mol. The smallest absolute Gasteiger partial charge is 0.265 e. The van der Waals surface area contributed by atoms with Gasteiger partial charge in [0.25, 0.3) is 5.56 Å². The van der Waals surface area contributed by atoms with Crippen molar-refractivity contribution >= 4 is 28.3 Å². The molecule has 0 atom stereocenters. The first kappa shape index (κ1) is 15.5. The second-order valence-corrected chi connectivity index (χ2v) is 6.35. The number of amides is 1. The highest BCUT2D eigenvalue weighted by Crippen LogP contribution is 2.18. The van der Waals surface area contributed by atoms with Crippen LogP contribution in [0.4, 0.5) is 0 Å². The fourth-order valence-electron chi connectivity index (χ4n) is 2.37. The van der Waals surface area contributed by atoms with Crippen molar-refractivity contribution in [1.82, 2.24) is 14.9 Å². The van der Waals surface area contributed by atoms with Crippen molar-refractivity contribution in [2.45, 2.75) is 26.8 Å². The molecule has 0 bridgehead atoms. The quantitative estimate of drug-likeness (QED) is 0.776. The van der Waals surface area contributed by atoms with Crippen LogP contribution in [0.3, 0.4) is 0 Å². The van der Waals surface area contributed by atoms with Gasteiger partial charge in [-0.1, -0.05) is 6.07 Å². The van der Waals surface area contributed by atoms with Gasteiger partial charge in [0.2, 0.25) is 11.6 Å². The molecule has 3 aromatic rings. The topological polar surface area (TPSA) is 77.1 Å². The number of carbonyl (C=O) groups excluding carboxylic acids is 1. The van der Waals surface area contributed by atoms with Crippen LogP contribution in [0, 0.1) is 13.8 Å². The molecule has 0 aliphatic rings. The summed E-state index contributed by atoms with van der Waals surface area (Å²) in [5, 5.41) is 5.27. The molecule has 0 aromatic carbocycles. The number of carbonyl (C=O) groups is 1. The third-order valence-corrected chi connectivity index (χ3v) is 4.68. The highest BCUT2D eigenvalue weighted by atomic mass is 32.1. The molecule has 0 unspecified atom stereocenters. The fraction of sp³-hybridized carbons (Fsp3) is 0.312. The maximum absolute atomic E-state index is 12.4. The van der Waals surface area contributed by atoms with E-state index in [1.807, 2.05) is 24.4 Å². The van der Waals surface area contributed by atoms with Crippen molar-refractivity contribution in [3.63, 3.8) is 0 Å². The Kier molecular flexibility index (Phi) is 4.29. The van der Waals surface area contributed by atoms with Gasteiger partial charge in [0.05, 0.1) is 0 Å². The summed E-state index contributed by atoms with van der Waals surface area (Å²) in [4.78, 5) is 29.8. The number of fused-ring (bicyclic) bond motifs is 1. The lowest BCUT2D eigenvalue weighted by Gasteiger charge is -2.06. The van der Waals surface area contributed by atoms with E-state index < -0.39 is 0 Å². The largest absolute Gasteiger partial charge is 0.443 e. The van der Waals surface area contributed by atoms with Gasteiger partial charge in [-0.2, -0.15) is 0 Å². The van der Waals surface area contributed by atoms with E-state index in [0.717, 1.165) is 12.0 Å². The van der Waals surface area contributed by atoms with Gasteiger partial charge in [0.1, 0.15) is 24.0 Å². The summed E-state index contributed by atoms with van der Waals surface area (Å²) >= 11 is 1.66. The normalized spacial score (nSPS) is 11.0. The zero-order valence-electron chi connectivity index (χ0n) is 13.0. The number of nitrogens with one attached hydrogen (secondary N) is 1. The summed E-state index contributed by atoms with van der Waals surface area (Å²) in [6.07, 6.45) is 2.14. The number of hydrogen-bond acceptors (Lipinski definition) is 5. The highest BCUT2D eigenvalue weighted by molar-refractivity contribution is 7.09. The minimum atomic E-state index is -0.252. The van der Waals surface area contributed by atoms with Crippen LogP contribution in [0.1, 0.15) is 16.2 Å². The number of aryl methyl sites for hydroxylation is 2. The van der Waals surface area contributed by atoms with E-state index in [0.29, 0.717) is 23.4 Å². The van der Waals surface area contributed by atoms with Gasteiger partial charge >= 0.3 is 0 Å². The Morgan fingerprint density at radius 2 is 2.26 bits per heavy atom. The van der Waals surface area contributed by atoms with E-state index >= 15 is 0 Å². The predicted octanol–water partition coefficient (Wildman–Crippen LogP) is 2.03. The highest BCUT2D eigenvalue weighted by Gasteiger charge is 2.14. The van der Waals surface area contributed by atoms with Gasteiger partial charge in [-0.15, -0.1) is 11.3 Å². The van der Waals surface area contributed by atoms with Crippen LogP contribution in [-0.4, -0.2) is 22.0 Å². The number of thiophene rings is 1. The molecule has 1 N–H and O–H groups in total. The lowest BCUT2D eigenvalue weighted by Crippen LogP contribution is -2.33. The Morgan fingerprint density at radius 3 is 3.00 bits per heavy atom. The Morgan fingerprint density at radius 1 is 1.43 bits per heavy atom. The first-order chi connectivity index (χ1) is 11.1. The van der Waals surface area contributed by atoms with Crippen LogP contribution < -0.4 is 10.9 Å². The molecular formula is C16H17N3O3S. The molecule has 7 heteroatoms. The number of hydrogen-bond donors (Lipinski definition) is 1. The van der Waals surface area contributed by atoms with E-state index in [2.05, 4.69) is 10.3 Å². The van der Waals surface area contributed by atoms with Crippen molar-refractivity contribution in [2.24, 2.45) is 0 Å². The van der Waals surface area contributed by atoms with Crippen LogP contribution in [0.25, 0.3) is 11.1 Å². The summed E-state index contributed by atoms with van der Waals surface area (Å²) in [6, 6.07) is 4.01. The van der Waals surface area contributed by atoms with Gasteiger partial charge in [-0.25, -0.2) is 4.98 Å². The van der Waals surface area contributed by atoms with E-state index in [-0.39, 0.29) is 18.0 Å². The van der Waals surface area contributed by atoms with Crippen LogP contribution in [0.5, 0.6) is 0 Å². The molecule has 120 valence electrons. The molecule has 0 aliphatic heterocycles. The summed E-state index contributed by atoms with van der Waals surface area (Å²) < 4.78 is 6.73. The maximum Gasteiger partial charge on any atom is 0.265 e. The molecule has 0 radical (unpaired) electrons. The molecular weight excluding hydrogens is 314 g/mol. The van der Waals surface area contributed by atoms with Crippen molar-refractivity contribution in [2.75, 3.05) is 6.54 Å². The average Bonchev–Trinajstić information content (AvgIpc) is 3.12. The second-order valence-electron chi connectivity index (χ2n) is 5.32. The Labute approximate surface area is 136 Å². The van der Waals surface area contributed by atoms with Gasteiger partial charge in [-0.3, -0.25) is 14.2 Å². The molecule has 3 heterocycles. The van der Waals surface area contributed by atoms with Crippen LogP contribution in [0.2, 0.25) is 0 Å². The minimum absolute atomic E-state index is 0.0458. The monoisotopic (exact) mass is 331 g/mol. The molecule has 23 heavy (non-hydrogen) atoms. The van der Waals surface area contributed by atoms with Crippen molar-refractivity contribution in [1.29, 1.82) is 0 Å². The van der Waals surface area contributed by atoms with Crippen molar-refractivity contribution in [3.8, 4) is 0 Å². The molecule has 0 saturated carbocycles. The SMILES string of the molecule is Cc1oc2ncn(CC(=O)NCCc3cccs3)c(=O)c2c1C. The zero-order valence-corrected chi connectivity index (χ0v) is 13.8. The molecule has 6 nitrogen and oxygen atoms in total. The maximum atomic E-state index is 12.4. The molecule has 0 aliphatic carbocycles. The van der Waals surface area contributed by atoms with Gasteiger partial charge in [0.15, 0.2) is 0 Å². The first-order valence-electron chi connectivity index (χ1n) is 7.30. The molecule has 3 aromatic heterocycles. The average molecular weight is 331 g/mol. The lowest BCUT2D eigenvalue weighted by molar-refractivity contribution is -0.121. The van der Waals surface area contributed by atoms with Crippen molar-refractivity contribution < 1.29 is 9.21 Å². The molecule has 0 fully saturated rings. The van der Waals surface area contributed by atoms with Crippen molar-refractivity contribution in [3.05, 3.63) is 50.4 Å². The third kappa shape index (κ3) is 3.19. The molecule has 0 spiro atoms. The van der Waals surface area contributed by atoms with Gasteiger partial charge in [0, 0.05) is 17.0 Å². The van der Waals surface area contributed by atoms with Crippen LogP contribution in [0.15, 0.2) is 33.1 Å². The Balaban J connectivity index is 1.68. The zero-order chi connectivity index (χ0) is 16.4. The van der Waals surface area contributed by atoms with E-state index in [1.165, 1.54) is 15.8 Å². The van der Waals surface area contributed by atoms with Gasteiger partial charge < -0.3 is 9.73 Å². The number of furan rings is 1. The minimum Gasteiger partial charge on any atom is -0.443 e. The summed E-state index contributed by atoms with van der Waals surface area (Å²) in [5.74, 6) is 0.463. The van der Waals surface area contributed by atoms with E-state index in [9.17, 15) is 9.59 Å². The van der Waals surface area contributed by atoms with E-state index in [4.69, 9.17) is 4.42 Å². The second kappa shape index (κ2) is 6.37. The molecule has 1 amide bonds. The van der Waals surface area contributed by atoms with Crippen LogP contribution in [-0.2, 0) is 17.8 Å². The summed E-state index contributed by atoms with van der Waals surface area (Å²) in [7, 11) is 0. The van der Waals surface area contributed by atoms with E-state index in [1.54, 1.807) is 18.3 Å². The number of aromatic nitrogens is 2. The first-order valence-corrected chi connectivity index (χ1v) is 8.18. The molecule has 3 rings (SSSR count). The third-order valence-electron chi connectivity index (χ3n) is 3.74.